The molecule has 0 amide bonds. The van der Waals surface area contributed by atoms with Crippen molar-refractivity contribution in [3.05, 3.63) is 39.6 Å². The first-order chi connectivity index (χ1) is 7.68. The average molecular weight is 221 g/mol. The highest BCUT2D eigenvalue weighted by Crippen LogP contribution is 2.35. The minimum Gasteiger partial charge on any atom is -0.486 e. The van der Waals surface area contributed by atoms with Gasteiger partial charge in [-0.25, -0.2) is 0 Å². The Bertz CT molecular complexity index is 454. The second-order valence-corrected chi connectivity index (χ2v) is 3.41. The van der Waals surface area contributed by atoms with E-state index in [1.165, 1.54) is 6.08 Å². The number of benzene rings is 1. The van der Waals surface area contributed by atoms with Crippen LogP contribution in [0.1, 0.15) is 11.1 Å². The molecule has 0 unspecified atom stereocenters. The molecule has 0 bridgehead atoms. The molecular formula is C11H11NO4. The highest BCUT2D eigenvalue weighted by Gasteiger charge is 2.15. The third-order valence-corrected chi connectivity index (χ3v) is 2.37. The monoisotopic (exact) mass is 221 g/mol. The molecule has 0 N–H and O–H groups in total. The van der Waals surface area contributed by atoms with Crippen LogP contribution in [0, 0.1) is 17.0 Å². The van der Waals surface area contributed by atoms with Crippen molar-refractivity contribution >= 4 is 6.08 Å². The van der Waals surface area contributed by atoms with E-state index in [1.54, 1.807) is 12.1 Å². The second kappa shape index (κ2) is 4.22. The lowest BCUT2D eigenvalue weighted by atomic mass is 10.1. The fourth-order valence-corrected chi connectivity index (χ4v) is 1.59. The van der Waals surface area contributed by atoms with Gasteiger partial charge >= 0.3 is 0 Å². The Morgan fingerprint density at radius 2 is 2.12 bits per heavy atom. The third kappa shape index (κ3) is 1.98. The van der Waals surface area contributed by atoms with Crippen LogP contribution < -0.4 is 9.47 Å². The highest BCUT2D eigenvalue weighted by atomic mass is 16.6. The van der Waals surface area contributed by atoms with E-state index in [1.807, 2.05) is 6.92 Å². The lowest BCUT2D eigenvalue weighted by molar-refractivity contribution is -0.400. The summed E-state index contributed by atoms with van der Waals surface area (Å²) in [6.45, 7) is 2.90. The van der Waals surface area contributed by atoms with Crippen LogP contribution in [-0.2, 0) is 0 Å². The van der Waals surface area contributed by atoms with Crippen molar-refractivity contribution in [2.75, 3.05) is 13.2 Å². The molecule has 5 nitrogen and oxygen atoms in total. The number of ether oxygens (including phenoxy) is 2. The Kier molecular flexibility index (Phi) is 2.76. The van der Waals surface area contributed by atoms with Crippen molar-refractivity contribution in [2.45, 2.75) is 6.92 Å². The maximum absolute atomic E-state index is 10.2. The van der Waals surface area contributed by atoms with Gasteiger partial charge in [-0.15, -0.1) is 0 Å². The van der Waals surface area contributed by atoms with E-state index in [2.05, 4.69) is 0 Å². The van der Waals surface area contributed by atoms with Crippen LogP contribution in [0.5, 0.6) is 11.5 Å². The number of nitro groups is 1. The molecule has 2 rings (SSSR count). The fraction of sp³-hybridized carbons (Fsp3) is 0.273. The normalized spacial score (nSPS) is 14.1. The van der Waals surface area contributed by atoms with Gasteiger partial charge in [0, 0.05) is 11.6 Å². The number of hydrogen-bond donors (Lipinski definition) is 0. The first-order valence-corrected chi connectivity index (χ1v) is 4.89. The standard InChI is InChI=1S/C11H11NO4/c1-8-9(4-5-12(13)14)2-3-10-11(8)16-7-6-15-10/h2-5H,6-7H2,1H3. The van der Waals surface area contributed by atoms with Crippen LogP contribution in [0.4, 0.5) is 0 Å². The van der Waals surface area contributed by atoms with Crippen molar-refractivity contribution in [1.82, 2.24) is 0 Å². The smallest absolute Gasteiger partial charge is 0.235 e. The molecule has 1 heterocycles. The van der Waals surface area contributed by atoms with Gasteiger partial charge in [-0.2, -0.15) is 0 Å². The summed E-state index contributed by atoms with van der Waals surface area (Å²) >= 11 is 0. The summed E-state index contributed by atoms with van der Waals surface area (Å²) < 4.78 is 10.9. The molecule has 0 atom stereocenters. The van der Waals surface area contributed by atoms with E-state index in [9.17, 15) is 10.1 Å². The zero-order valence-corrected chi connectivity index (χ0v) is 8.80. The molecule has 0 fully saturated rings. The van der Waals surface area contributed by atoms with Gasteiger partial charge in [0.25, 0.3) is 0 Å². The van der Waals surface area contributed by atoms with Crippen LogP contribution in [0.15, 0.2) is 18.3 Å². The molecule has 5 heteroatoms. The minimum absolute atomic E-state index is 0.490. The van der Waals surface area contributed by atoms with E-state index in [-0.39, 0.29) is 0 Å². The summed E-state index contributed by atoms with van der Waals surface area (Å²) in [6.07, 6.45) is 2.37. The largest absolute Gasteiger partial charge is 0.486 e. The Morgan fingerprint density at radius 3 is 2.88 bits per heavy atom. The van der Waals surface area contributed by atoms with Gasteiger partial charge < -0.3 is 9.47 Å². The minimum atomic E-state index is -0.490. The lowest BCUT2D eigenvalue weighted by Gasteiger charge is -2.20. The van der Waals surface area contributed by atoms with Crippen LogP contribution in [0.25, 0.3) is 6.08 Å². The van der Waals surface area contributed by atoms with Gasteiger partial charge in [-0.3, -0.25) is 10.1 Å². The maximum atomic E-state index is 10.2. The van der Waals surface area contributed by atoms with Gasteiger partial charge in [-0.1, -0.05) is 6.07 Å². The summed E-state index contributed by atoms with van der Waals surface area (Å²) in [5, 5.41) is 10.2. The van der Waals surface area contributed by atoms with Gasteiger partial charge in [-0.05, 0) is 18.6 Å². The number of nitrogens with zero attached hydrogens (tertiary/aromatic N) is 1. The molecule has 84 valence electrons. The Morgan fingerprint density at radius 1 is 1.38 bits per heavy atom. The van der Waals surface area contributed by atoms with Crippen LogP contribution in [0.2, 0.25) is 0 Å². The van der Waals surface area contributed by atoms with E-state index in [0.29, 0.717) is 24.7 Å². The van der Waals surface area contributed by atoms with Crippen molar-refractivity contribution < 1.29 is 14.4 Å². The molecule has 0 spiro atoms. The average Bonchev–Trinajstić information content (AvgIpc) is 2.28. The molecular weight excluding hydrogens is 210 g/mol. The predicted octanol–water partition coefficient (Wildman–Crippen LogP) is 2.01. The first-order valence-electron chi connectivity index (χ1n) is 4.89. The molecule has 1 aliphatic rings. The lowest BCUT2D eigenvalue weighted by Crippen LogP contribution is -2.16. The van der Waals surface area contributed by atoms with E-state index < -0.39 is 4.92 Å². The van der Waals surface area contributed by atoms with Gasteiger partial charge in [0.05, 0.1) is 4.92 Å². The Labute approximate surface area is 92.4 Å². The zero-order chi connectivity index (χ0) is 11.5. The number of fused-ring (bicyclic) bond motifs is 1. The molecule has 1 aromatic carbocycles. The molecule has 1 aromatic rings. The third-order valence-electron chi connectivity index (χ3n) is 2.37. The predicted molar refractivity (Wildman–Crippen MR) is 58.2 cm³/mol. The highest BCUT2D eigenvalue weighted by molar-refractivity contribution is 5.61. The van der Waals surface area contributed by atoms with Crippen molar-refractivity contribution in [1.29, 1.82) is 0 Å². The van der Waals surface area contributed by atoms with Crippen LogP contribution in [0.3, 0.4) is 0 Å². The number of hydrogen-bond acceptors (Lipinski definition) is 4. The van der Waals surface area contributed by atoms with Gasteiger partial charge in [0.2, 0.25) is 6.20 Å². The number of rotatable bonds is 2. The summed E-state index contributed by atoms with van der Waals surface area (Å²) in [5.74, 6) is 1.37. The molecule has 0 saturated heterocycles. The molecule has 0 aromatic heterocycles. The first kappa shape index (κ1) is 10.5. The summed E-state index contributed by atoms with van der Waals surface area (Å²) in [6, 6.07) is 3.55. The molecule has 1 aliphatic heterocycles. The topological polar surface area (TPSA) is 61.6 Å². The fourth-order valence-electron chi connectivity index (χ4n) is 1.59. The molecule has 0 saturated carbocycles. The van der Waals surface area contributed by atoms with Crippen molar-refractivity contribution in [3.8, 4) is 11.5 Å². The zero-order valence-electron chi connectivity index (χ0n) is 8.80. The molecule has 0 radical (unpaired) electrons. The molecule has 0 aliphatic carbocycles. The quantitative estimate of drug-likeness (QED) is 0.566. The summed E-state index contributed by atoms with van der Waals surface area (Å²) in [5.41, 5.74) is 1.62. The second-order valence-electron chi connectivity index (χ2n) is 3.41. The van der Waals surface area contributed by atoms with Gasteiger partial charge in [0.1, 0.15) is 13.2 Å². The van der Waals surface area contributed by atoms with Gasteiger partial charge in [0.15, 0.2) is 11.5 Å². The van der Waals surface area contributed by atoms with Crippen molar-refractivity contribution in [2.24, 2.45) is 0 Å². The Hall–Kier alpha value is -2.04. The SMILES string of the molecule is Cc1c(C=C[N+](=O)[O-])ccc2c1OCCO2. The van der Waals surface area contributed by atoms with E-state index >= 15 is 0 Å². The van der Waals surface area contributed by atoms with Crippen LogP contribution >= 0.6 is 0 Å². The summed E-state index contributed by atoms with van der Waals surface area (Å²) in [7, 11) is 0. The summed E-state index contributed by atoms with van der Waals surface area (Å²) in [4.78, 5) is 9.75. The van der Waals surface area contributed by atoms with E-state index in [0.717, 1.165) is 17.3 Å². The maximum Gasteiger partial charge on any atom is 0.235 e. The molecule has 16 heavy (non-hydrogen) atoms. The Balaban J connectivity index is 2.38. The van der Waals surface area contributed by atoms with E-state index in [4.69, 9.17) is 9.47 Å². The van der Waals surface area contributed by atoms with Crippen LogP contribution in [-0.4, -0.2) is 18.1 Å². The van der Waals surface area contributed by atoms with Crippen molar-refractivity contribution in [3.63, 3.8) is 0 Å².